The van der Waals surface area contributed by atoms with Crippen LogP contribution in [-0.4, -0.2) is 126 Å². The van der Waals surface area contributed by atoms with E-state index in [1.807, 2.05) is 20.1 Å². The van der Waals surface area contributed by atoms with Crippen molar-refractivity contribution in [1.82, 2.24) is 42.5 Å². The standard InChI is InChI=1S/C46H65N11O10S/c1-27(2)23-34(45(66)53-30(40(49)61)20-22-68-3)52-39(60)26-51-41(62)35(24-28-11-6-4-7-12-28)56-46(67)36(25-29-13-8-5-9-14-29)57-44(65)33(17-19-38(48)59)55-43(64)32(16-18-37(47)58)54-42(63)31-15-10-21-50-31/h4-15,27,30-36,50H,16-26H2,1-3H3,(H2,47,58)(H2,48,59)(H2,49,61)(H,51,62)(H,52,60)(H,53,66)(H,54,63)(H,55,64)(H,56,67)(H,57,65)/t30-,31-,32-,33-,34-,35-,36-/m0/s1. The van der Waals surface area contributed by atoms with Crippen molar-refractivity contribution in [2.75, 3.05) is 25.1 Å². The number of nitrogens with one attached hydrogen (secondary N) is 8. The van der Waals surface area contributed by atoms with Gasteiger partial charge in [-0.3, -0.25) is 53.3 Å². The van der Waals surface area contributed by atoms with Crippen molar-refractivity contribution >= 4 is 70.8 Å². The van der Waals surface area contributed by atoms with Crippen molar-refractivity contribution in [3.05, 3.63) is 83.9 Å². The Kier molecular flexibility index (Phi) is 23.7. The predicted octanol–water partition coefficient (Wildman–Crippen LogP) is -2.16. The molecule has 68 heavy (non-hydrogen) atoms. The Hall–Kier alpha value is -6.81. The van der Waals surface area contributed by atoms with Gasteiger partial charge in [0.1, 0.15) is 42.3 Å². The van der Waals surface area contributed by atoms with E-state index in [2.05, 4.69) is 42.5 Å². The van der Waals surface area contributed by atoms with Gasteiger partial charge in [0.2, 0.25) is 59.1 Å². The van der Waals surface area contributed by atoms with Crippen molar-refractivity contribution in [3.63, 3.8) is 0 Å². The fourth-order valence-electron chi connectivity index (χ4n) is 6.99. The quantitative estimate of drug-likeness (QED) is 0.0373. The van der Waals surface area contributed by atoms with Crippen molar-refractivity contribution in [3.8, 4) is 0 Å². The zero-order valence-electron chi connectivity index (χ0n) is 38.5. The minimum absolute atomic E-state index is 0.0573. The molecule has 1 heterocycles. The zero-order valence-corrected chi connectivity index (χ0v) is 39.4. The monoisotopic (exact) mass is 963 g/mol. The van der Waals surface area contributed by atoms with Gasteiger partial charge in [0.25, 0.3) is 0 Å². The summed E-state index contributed by atoms with van der Waals surface area (Å²) in [7, 11) is 0. The van der Waals surface area contributed by atoms with Gasteiger partial charge in [-0.25, -0.2) is 0 Å². The van der Waals surface area contributed by atoms with Gasteiger partial charge in [-0.05, 0) is 54.7 Å². The number of hydrogen-bond donors (Lipinski definition) is 11. The topological polar surface area (TPSA) is 345 Å². The molecule has 370 valence electrons. The van der Waals surface area contributed by atoms with Crippen molar-refractivity contribution in [2.45, 2.75) is 108 Å². The van der Waals surface area contributed by atoms with Crippen LogP contribution in [-0.2, 0) is 60.8 Å². The predicted molar refractivity (Wildman–Crippen MR) is 254 cm³/mol. The molecule has 3 rings (SSSR count). The van der Waals surface area contributed by atoms with Gasteiger partial charge in [0, 0.05) is 32.2 Å². The van der Waals surface area contributed by atoms with Gasteiger partial charge in [0.05, 0.1) is 6.54 Å². The lowest BCUT2D eigenvalue weighted by Crippen LogP contribution is -2.59. The third-order valence-corrected chi connectivity index (χ3v) is 11.2. The largest absolute Gasteiger partial charge is 0.370 e. The van der Waals surface area contributed by atoms with Gasteiger partial charge in [-0.1, -0.05) is 86.7 Å². The van der Waals surface area contributed by atoms with Crippen LogP contribution in [0.4, 0.5) is 0 Å². The van der Waals surface area contributed by atoms with E-state index in [0.29, 0.717) is 23.4 Å². The molecule has 21 nitrogen and oxygen atoms in total. The fraction of sp³-hybridized carbons (Fsp3) is 0.478. The minimum atomic E-state index is -1.49. The van der Waals surface area contributed by atoms with Crippen LogP contribution in [0, 0.1) is 5.92 Å². The third kappa shape index (κ3) is 20.4. The summed E-state index contributed by atoms with van der Waals surface area (Å²) >= 11 is 1.47. The van der Waals surface area contributed by atoms with Crippen molar-refractivity contribution in [1.29, 1.82) is 0 Å². The first-order valence-corrected chi connectivity index (χ1v) is 23.7. The molecule has 22 heteroatoms. The Balaban J connectivity index is 1.86. The van der Waals surface area contributed by atoms with Crippen LogP contribution < -0.4 is 59.7 Å². The second-order valence-corrected chi connectivity index (χ2v) is 17.6. The van der Waals surface area contributed by atoms with Crippen molar-refractivity contribution in [2.24, 2.45) is 23.1 Å². The molecule has 2 aromatic carbocycles. The van der Waals surface area contributed by atoms with Gasteiger partial charge in [-0.15, -0.1) is 0 Å². The molecule has 7 atom stereocenters. The molecule has 0 fully saturated rings. The summed E-state index contributed by atoms with van der Waals surface area (Å²) in [5.74, 6) is -7.10. The van der Waals surface area contributed by atoms with E-state index < -0.39 is 108 Å². The molecule has 1 aliphatic rings. The molecule has 0 aliphatic carbocycles. The summed E-state index contributed by atoms with van der Waals surface area (Å²) in [4.78, 5) is 131. The van der Waals surface area contributed by atoms with Crippen LogP contribution in [0.2, 0.25) is 0 Å². The Morgan fingerprint density at radius 2 is 1.07 bits per heavy atom. The number of benzene rings is 2. The third-order valence-electron chi connectivity index (χ3n) is 10.6. The molecule has 0 bridgehead atoms. The van der Waals surface area contributed by atoms with Gasteiger partial charge in [-0.2, -0.15) is 11.8 Å². The molecule has 0 radical (unpaired) electrons. The zero-order chi connectivity index (χ0) is 50.2. The second kappa shape index (κ2) is 29.1. The van der Waals surface area contributed by atoms with Crippen LogP contribution in [0.25, 0.3) is 0 Å². The molecule has 10 amide bonds. The highest BCUT2D eigenvalue weighted by atomic mass is 32.2. The molecular weight excluding hydrogens is 899 g/mol. The Bertz CT molecular complexity index is 2090. The highest BCUT2D eigenvalue weighted by molar-refractivity contribution is 7.98. The van der Waals surface area contributed by atoms with E-state index in [9.17, 15) is 47.9 Å². The highest BCUT2D eigenvalue weighted by Crippen LogP contribution is 2.11. The Morgan fingerprint density at radius 3 is 1.54 bits per heavy atom. The van der Waals surface area contributed by atoms with Gasteiger partial charge in [0.15, 0.2) is 0 Å². The maximum absolute atomic E-state index is 14.3. The summed E-state index contributed by atoms with van der Waals surface area (Å²) in [6, 6.07) is 8.94. The number of primary amides is 3. The summed E-state index contributed by atoms with van der Waals surface area (Å²) in [5.41, 5.74) is 17.5. The summed E-state index contributed by atoms with van der Waals surface area (Å²) in [6.45, 7) is 3.50. The summed E-state index contributed by atoms with van der Waals surface area (Å²) in [5, 5.41) is 21.1. The first kappa shape index (κ1) is 55.5. The lowest BCUT2D eigenvalue weighted by molar-refractivity contribution is -0.135. The Labute approximate surface area is 399 Å². The van der Waals surface area contributed by atoms with Crippen LogP contribution in [0.3, 0.4) is 0 Å². The maximum atomic E-state index is 14.3. The normalized spacial score (nSPS) is 15.6. The molecule has 14 N–H and O–H groups in total. The van der Waals surface area contributed by atoms with Crippen LogP contribution in [0.5, 0.6) is 0 Å². The van der Waals surface area contributed by atoms with E-state index in [-0.39, 0.29) is 57.3 Å². The number of nitrogens with two attached hydrogens (primary N) is 3. The molecule has 0 unspecified atom stereocenters. The molecule has 0 aromatic heterocycles. The molecule has 0 spiro atoms. The fourth-order valence-corrected chi connectivity index (χ4v) is 7.46. The number of amides is 10. The van der Waals surface area contributed by atoms with Crippen molar-refractivity contribution < 1.29 is 47.9 Å². The van der Waals surface area contributed by atoms with Crippen LogP contribution in [0.15, 0.2) is 72.8 Å². The Morgan fingerprint density at radius 1 is 0.603 bits per heavy atom. The number of carbonyl (C=O) groups is 10. The van der Waals surface area contributed by atoms with E-state index in [1.54, 1.807) is 72.8 Å². The average molecular weight is 964 g/mol. The van der Waals surface area contributed by atoms with Gasteiger partial charge < -0.3 is 54.4 Å². The SMILES string of the molecule is CSCC[C@H](NC(=O)[C@H](CC(C)C)NC(=O)CNC(=O)[C@H](Cc1ccccc1)NC(=O)[C@H](Cc1ccccc1)NC(=O)[C@H](CCC(N)=O)NC(=O)[C@H](CCC(N)=O)NC(=O)[C@@H]1C=CCN1)C(N)=O. The summed E-state index contributed by atoms with van der Waals surface area (Å²) in [6.07, 6.45) is 4.28. The first-order valence-electron chi connectivity index (χ1n) is 22.3. The molecule has 0 saturated heterocycles. The second-order valence-electron chi connectivity index (χ2n) is 16.7. The van der Waals surface area contributed by atoms with Crippen LogP contribution in [0.1, 0.15) is 63.5 Å². The smallest absolute Gasteiger partial charge is 0.243 e. The van der Waals surface area contributed by atoms with E-state index in [0.717, 1.165) is 0 Å². The average Bonchev–Trinajstić information content (AvgIpc) is 3.85. The highest BCUT2D eigenvalue weighted by Gasteiger charge is 2.33. The lowest BCUT2D eigenvalue weighted by atomic mass is 10.0. The summed E-state index contributed by atoms with van der Waals surface area (Å²) < 4.78 is 0. The first-order chi connectivity index (χ1) is 32.4. The van der Waals surface area contributed by atoms with E-state index in [1.165, 1.54) is 11.8 Å². The van der Waals surface area contributed by atoms with Gasteiger partial charge >= 0.3 is 0 Å². The van der Waals surface area contributed by atoms with E-state index in [4.69, 9.17) is 17.2 Å². The molecule has 2 aromatic rings. The maximum Gasteiger partial charge on any atom is 0.243 e. The molecule has 1 aliphatic heterocycles. The van der Waals surface area contributed by atoms with Crippen LogP contribution >= 0.6 is 11.8 Å². The number of hydrogen-bond acceptors (Lipinski definition) is 12. The lowest BCUT2D eigenvalue weighted by Gasteiger charge is -2.27. The molecule has 0 saturated carbocycles. The number of carbonyl (C=O) groups excluding carboxylic acids is 10. The minimum Gasteiger partial charge on any atom is -0.370 e. The number of thioether (sulfide) groups is 1. The molecular formula is C46H65N11O10S. The number of rotatable bonds is 30. The van der Waals surface area contributed by atoms with E-state index >= 15 is 0 Å².